The van der Waals surface area contributed by atoms with Crippen LogP contribution in [-0.2, 0) is 9.53 Å². The van der Waals surface area contributed by atoms with Gasteiger partial charge in [0.2, 0.25) is 5.60 Å². The van der Waals surface area contributed by atoms with Crippen molar-refractivity contribution in [1.29, 1.82) is 0 Å². The molecular weight excluding hydrogens is 197 g/mol. The van der Waals surface area contributed by atoms with E-state index < -0.39 is 17.7 Å². The number of carbonyl (C=O) groups is 1. The highest BCUT2D eigenvalue weighted by Crippen LogP contribution is 2.41. The smallest absolute Gasteiger partial charge is 0.432 e. The van der Waals surface area contributed by atoms with E-state index in [1.54, 1.807) is 0 Å². The molecule has 14 heavy (non-hydrogen) atoms. The molecule has 0 spiro atoms. The highest BCUT2D eigenvalue weighted by atomic mass is 19.4. The van der Waals surface area contributed by atoms with Crippen molar-refractivity contribution in [3.63, 3.8) is 0 Å². The van der Waals surface area contributed by atoms with E-state index in [0.717, 1.165) is 12.2 Å². The molecule has 0 saturated carbocycles. The van der Waals surface area contributed by atoms with Gasteiger partial charge in [-0.3, -0.25) is 0 Å². The second kappa shape index (κ2) is 3.48. The average molecular weight is 206 g/mol. The number of hydrogen-bond donors (Lipinski definition) is 0. The van der Waals surface area contributed by atoms with Crippen LogP contribution in [-0.4, -0.2) is 17.7 Å². The Kier molecular flexibility index (Phi) is 2.69. The van der Waals surface area contributed by atoms with Gasteiger partial charge in [-0.05, 0) is 12.5 Å². The Morgan fingerprint density at radius 2 is 2.21 bits per heavy atom. The van der Waals surface area contributed by atoms with Crippen LogP contribution < -0.4 is 0 Å². The summed E-state index contributed by atoms with van der Waals surface area (Å²) < 4.78 is 41.9. The number of ether oxygens (including phenoxy) is 1. The van der Waals surface area contributed by atoms with Crippen LogP contribution >= 0.6 is 0 Å². The molecule has 1 heterocycles. The molecule has 0 radical (unpaired) electrons. The normalized spacial score (nSPS) is 26.4. The van der Waals surface area contributed by atoms with E-state index in [2.05, 4.69) is 11.3 Å². The minimum atomic E-state index is -4.57. The molecule has 0 aromatic carbocycles. The summed E-state index contributed by atoms with van der Waals surface area (Å²) >= 11 is 0. The van der Waals surface area contributed by atoms with E-state index in [1.807, 2.05) is 0 Å². The summed E-state index contributed by atoms with van der Waals surface area (Å²) in [5.41, 5.74) is -2.45. The first-order chi connectivity index (χ1) is 6.41. The zero-order chi connectivity index (χ0) is 10.8. The monoisotopic (exact) mass is 206 g/mol. The molecule has 0 aromatic rings. The molecule has 0 saturated heterocycles. The lowest BCUT2D eigenvalue weighted by molar-refractivity contribution is -0.247. The molecule has 0 fully saturated rings. The fraction of sp³-hybridized carbons (Fsp3) is 0.444. The molecule has 1 rings (SSSR count). The van der Waals surface area contributed by atoms with Crippen LogP contribution in [0.4, 0.5) is 13.2 Å². The van der Waals surface area contributed by atoms with Crippen LogP contribution in [0.25, 0.3) is 0 Å². The number of rotatable bonds is 3. The standard InChI is InChI=1S/C9H9F3O2/c1-2-3-5-8(9(10,11)12)6-4-7(13)14-8/h2,4,6H,1,3,5H2/t8-/m0/s1. The second-order valence-electron chi connectivity index (χ2n) is 2.97. The van der Waals surface area contributed by atoms with Gasteiger partial charge in [-0.2, -0.15) is 13.2 Å². The molecule has 0 N–H and O–H groups in total. The first kappa shape index (κ1) is 10.8. The number of cyclic esters (lactones) is 1. The third-order valence-corrected chi connectivity index (χ3v) is 1.97. The van der Waals surface area contributed by atoms with Crippen molar-refractivity contribution in [3.05, 3.63) is 24.8 Å². The number of hydrogen-bond acceptors (Lipinski definition) is 2. The Balaban J connectivity index is 2.87. The maximum Gasteiger partial charge on any atom is 0.432 e. The van der Waals surface area contributed by atoms with Gasteiger partial charge in [0.05, 0.1) is 0 Å². The lowest BCUT2D eigenvalue weighted by Crippen LogP contribution is -2.44. The number of halogens is 3. The van der Waals surface area contributed by atoms with Crippen LogP contribution in [0, 0.1) is 0 Å². The van der Waals surface area contributed by atoms with Crippen LogP contribution in [0.15, 0.2) is 24.8 Å². The molecule has 5 heteroatoms. The maximum absolute atomic E-state index is 12.5. The lowest BCUT2D eigenvalue weighted by Gasteiger charge is -2.28. The number of allylic oxidation sites excluding steroid dienone is 1. The molecule has 78 valence electrons. The second-order valence-corrected chi connectivity index (χ2v) is 2.97. The molecule has 0 amide bonds. The van der Waals surface area contributed by atoms with E-state index in [0.29, 0.717) is 0 Å². The molecule has 2 nitrogen and oxygen atoms in total. The summed E-state index contributed by atoms with van der Waals surface area (Å²) in [5, 5.41) is 0. The average Bonchev–Trinajstić information content (AvgIpc) is 2.44. The van der Waals surface area contributed by atoms with E-state index in [-0.39, 0.29) is 12.8 Å². The molecule has 0 unspecified atom stereocenters. The molecular formula is C9H9F3O2. The van der Waals surface area contributed by atoms with Gasteiger partial charge in [-0.1, -0.05) is 6.08 Å². The molecule has 0 bridgehead atoms. The van der Waals surface area contributed by atoms with Crippen LogP contribution in [0.3, 0.4) is 0 Å². The predicted octanol–water partition coefficient (Wildman–Crippen LogP) is 2.37. The summed E-state index contributed by atoms with van der Waals surface area (Å²) in [6, 6.07) is 0. The minimum Gasteiger partial charge on any atom is -0.442 e. The fourth-order valence-corrected chi connectivity index (χ4v) is 1.20. The van der Waals surface area contributed by atoms with Crippen molar-refractivity contribution < 1.29 is 22.7 Å². The summed E-state index contributed by atoms with van der Waals surface area (Å²) in [5.74, 6) is -0.952. The van der Waals surface area contributed by atoms with Crippen LogP contribution in [0.5, 0.6) is 0 Å². The number of alkyl halides is 3. The fourth-order valence-electron chi connectivity index (χ4n) is 1.20. The lowest BCUT2D eigenvalue weighted by atomic mass is 9.97. The zero-order valence-electron chi connectivity index (χ0n) is 7.30. The van der Waals surface area contributed by atoms with Gasteiger partial charge >= 0.3 is 12.1 Å². The van der Waals surface area contributed by atoms with Crippen molar-refractivity contribution in [3.8, 4) is 0 Å². The Labute approximate surface area is 79.0 Å². The van der Waals surface area contributed by atoms with Crippen molar-refractivity contribution in [2.75, 3.05) is 0 Å². The van der Waals surface area contributed by atoms with Gasteiger partial charge in [0.1, 0.15) is 0 Å². The summed E-state index contributed by atoms with van der Waals surface area (Å²) in [4.78, 5) is 10.6. The summed E-state index contributed by atoms with van der Waals surface area (Å²) in [6.45, 7) is 3.32. The van der Waals surface area contributed by atoms with Crippen molar-refractivity contribution >= 4 is 5.97 Å². The van der Waals surface area contributed by atoms with Gasteiger partial charge in [-0.15, -0.1) is 6.58 Å². The molecule has 1 atom stereocenters. The van der Waals surface area contributed by atoms with Crippen molar-refractivity contribution in [2.45, 2.75) is 24.6 Å². The Hall–Kier alpha value is -1.26. The van der Waals surface area contributed by atoms with Crippen LogP contribution in [0.2, 0.25) is 0 Å². The Morgan fingerprint density at radius 1 is 1.57 bits per heavy atom. The molecule has 1 aliphatic rings. The minimum absolute atomic E-state index is 0.136. The Morgan fingerprint density at radius 3 is 2.57 bits per heavy atom. The molecule has 0 aliphatic carbocycles. The van der Waals surface area contributed by atoms with E-state index >= 15 is 0 Å². The van der Waals surface area contributed by atoms with Crippen LogP contribution in [0.1, 0.15) is 12.8 Å². The van der Waals surface area contributed by atoms with Gasteiger partial charge in [-0.25, -0.2) is 4.79 Å². The van der Waals surface area contributed by atoms with E-state index in [1.165, 1.54) is 6.08 Å². The van der Waals surface area contributed by atoms with E-state index in [4.69, 9.17) is 0 Å². The summed E-state index contributed by atoms with van der Waals surface area (Å²) in [6.07, 6.45) is -1.83. The molecule has 0 aromatic heterocycles. The third kappa shape index (κ3) is 1.81. The highest BCUT2D eigenvalue weighted by Gasteiger charge is 2.57. The van der Waals surface area contributed by atoms with E-state index in [9.17, 15) is 18.0 Å². The first-order valence-electron chi connectivity index (χ1n) is 4.01. The molecule has 1 aliphatic heterocycles. The maximum atomic E-state index is 12.5. The van der Waals surface area contributed by atoms with Gasteiger partial charge in [0, 0.05) is 12.5 Å². The Bertz CT molecular complexity index is 280. The first-order valence-corrected chi connectivity index (χ1v) is 4.01. The van der Waals surface area contributed by atoms with Crippen molar-refractivity contribution in [2.24, 2.45) is 0 Å². The zero-order valence-corrected chi connectivity index (χ0v) is 7.30. The predicted molar refractivity (Wildman–Crippen MR) is 43.4 cm³/mol. The quantitative estimate of drug-likeness (QED) is 0.523. The highest BCUT2D eigenvalue weighted by molar-refractivity contribution is 5.85. The summed E-state index contributed by atoms with van der Waals surface area (Å²) in [7, 11) is 0. The SMILES string of the molecule is C=CCC[C@@]1(C(F)(F)F)C=CC(=O)O1. The number of carbonyl (C=O) groups excluding carboxylic acids is 1. The van der Waals surface area contributed by atoms with Gasteiger partial charge in [0.25, 0.3) is 0 Å². The van der Waals surface area contributed by atoms with Gasteiger partial charge < -0.3 is 4.74 Å². The third-order valence-electron chi connectivity index (χ3n) is 1.97. The topological polar surface area (TPSA) is 26.3 Å². The number of esters is 1. The van der Waals surface area contributed by atoms with Gasteiger partial charge in [0.15, 0.2) is 0 Å². The van der Waals surface area contributed by atoms with Crippen molar-refractivity contribution in [1.82, 2.24) is 0 Å². The largest absolute Gasteiger partial charge is 0.442 e.